The first-order valence-corrected chi connectivity index (χ1v) is 8.22. The first-order valence-electron chi connectivity index (χ1n) is 8.22. The number of ether oxygens (including phenoxy) is 1. The molecule has 3 aromatic rings. The molecule has 2 unspecified atom stereocenters. The van der Waals surface area contributed by atoms with Crippen molar-refractivity contribution in [2.75, 3.05) is 12.0 Å². The summed E-state index contributed by atoms with van der Waals surface area (Å²) in [4.78, 5) is 19.3. The van der Waals surface area contributed by atoms with Gasteiger partial charge in [-0.05, 0) is 42.0 Å². The van der Waals surface area contributed by atoms with Crippen LogP contribution in [0.2, 0.25) is 0 Å². The highest BCUT2D eigenvalue weighted by atomic mass is 16.5. The summed E-state index contributed by atoms with van der Waals surface area (Å²) in [6.45, 7) is 0. The number of para-hydroxylation sites is 1. The molecule has 1 amide bonds. The molecular formula is C21H18N2O2. The Kier molecular flexibility index (Phi) is 3.94. The minimum absolute atomic E-state index is 0.0898. The Hall–Kier alpha value is -3.14. The highest BCUT2D eigenvalue weighted by Gasteiger charge is 2.50. The van der Waals surface area contributed by atoms with Crippen molar-refractivity contribution in [3.05, 3.63) is 90.3 Å². The van der Waals surface area contributed by atoms with Gasteiger partial charge in [0.1, 0.15) is 5.75 Å². The van der Waals surface area contributed by atoms with Gasteiger partial charge in [-0.1, -0.05) is 36.4 Å². The van der Waals surface area contributed by atoms with Gasteiger partial charge < -0.3 is 9.64 Å². The molecule has 4 nitrogen and oxygen atoms in total. The highest BCUT2D eigenvalue weighted by Crippen LogP contribution is 2.48. The first kappa shape index (κ1) is 15.4. The van der Waals surface area contributed by atoms with Crippen molar-refractivity contribution in [3.63, 3.8) is 0 Å². The van der Waals surface area contributed by atoms with E-state index in [9.17, 15) is 4.79 Å². The van der Waals surface area contributed by atoms with Gasteiger partial charge in [0.15, 0.2) is 0 Å². The third-order valence-corrected chi connectivity index (χ3v) is 4.60. The van der Waals surface area contributed by atoms with Gasteiger partial charge >= 0.3 is 0 Å². The Labute approximate surface area is 146 Å². The molecule has 124 valence electrons. The van der Waals surface area contributed by atoms with Crippen molar-refractivity contribution in [2.45, 2.75) is 12.0 Å². The summed E-state index contributed by atoms with van der Waals surface area (Å²) in [5.74, 6) is 0.637. The van der Waals surface area contributed by atoms with Crippen LogP contribution in [-0.4, -0.2) is 18.0 Å². The van der Waals surface area contributed by atoms with Gasteiger partial charge in [-0.25, -0.2) is 0 Å². The Morgan fingerprint density at radius 1 is 0.920 bits per heavy atom. The van der Waals surface area contributed by atoms with E-state index in [0.717, 1.165) is 22.7 Å². The molecule has 2 atom stereocenters. The molecule has 0 N–H and O–H groups in total. The van der Waals surface area contributed by atoms with Crippen molar-refractivity contribution in [1.29, 1.82) is 0 Å². The van der Waals surface area contributed by atoms with Crippen LogP contribution >= 0.6 is 0 Å². The summed E-state index contributed by atoms with van der Waals surface area (Å²) in [5, 5.41) is 0. The fraction of sp³-hybridized carbons (Fsp3) is 0.143. The van der Waals surface area contributed by atoms with Gasteiger partial charge in [0.25, 0.3) is 0 Å². The molecule has 1 saturated heterocycles. The van der Waals surface area contributed by atoms with E-state index in [1.807, 2.05) is 77.7 Å². The molecule has 4 rings (SSSR count). The zero-order chi connectivity index (χ0) is 17.2. The lowest BCUT2D eigenvalue weighted by molar-refractivity contribution is -0.126. The van der Waals surface area contributed by atoms with Crippen LogP contribution in [0.3, 0.4) is 0 Å². The number of hydrogen-bond acceptors (Lipinski definition) is 3. The van der Waals surface area contributed by atoms with Crippen LogP contribution in [0.25, 0.3) is 0 Å². The third kappa shape index (κ3) is 2.66. The van der Waals surface area contributed by atoms with Crippen LogP contribution in [0.1, 0.15) is 23.2 Å². The standard InChI is InChI=1S/C21H18N2O2/c1-25-17-12-10-15(11-13-17)19-20(18-9-5-6-14-22-18)23(21(19)24)16-7-3-2-4-8-16/h2-14,19-20H,1H3. The second-order valence-electron chi connectivity index (χ2n) is 5.99. The average molecular weight is 330 g/mol. The molecule has 0 spiro atoms. The molecule has 1 fully saturated rings. The van der Waals surface area contributed by atoms with E-state index in [4.69, 9.17) is 4.74 Å². The molecule has 2 heterocycles. The van der Waals surface area contributed by atoms with Crippen molar-refractivity contribution < 1.29 is 9.53 Å². The zero-order valence-electron chi connectivity index (χ0n) is 13.9. The number of rotatable bonds is 4. The first-order chi connectivity index (χ1) is 12.3. The maximum atomic E-state index is 13.0. The second-order valence-corrected chi connectivity index (χ2v) is 5.99. The predicted molar refractivity (Wildman–Crippen MR) is 96.6 cm³/mol. The number of carbonyl (C=O) groups excluding carboxylic acids is 1. The molecule has 2 aromatic carbocycles. The molecule has 0 radical (unpaired) electrons. The average Bonchev–Trinajstić information content (AvgIpc) is 2.68. The van der Waals surface area contributed by atoms with E-state index in [-0.39, 0.29) is 17.9 Å². The maximum absolute atomic E-state index is 13.0. The molecule has 25 heavy (non-hydrogen) atoms. The number of anilines is 1. The smallest absolute Gasteiger partial charge is 0.237 e. The van der Waals surface area contributed by atoms with E-state index in [1.165, 1.54) is 0 Å². The largest absolute Gasteiger partial charge is 0.497 e. The Bertz CT molecular complexity index is 863. The quantitative estimate of drug-likeness (QED) is 0.680. The minimum atomic E-state index is -0.235. The summed E-state index contributed by atoms with van der Waals surface area (Å²) in [6.07, 6.45) is 1.77. The van der Waals surface area contributed by atoms with Crippen LogP contribution in [-0.2, 0) is 4.79 Å². The molecule has 1 aliphatic heterocycles. The fourth-order valence-electron chi connectivity index (χ4n) is 3.36. The molecule has 0 bridgehead atoms. The minimum Gasteiger partial charge on any atom is -0.497 e. The number of carbonyl (C=O) groups is 1. The predicted octanol–water partition coefficient (Wildman–Crippen LogP) is 3.96. The lowest BCUT2D eigenvalue weighted by Gasteiger charge is -2.47. The molecule has 1 aliphatic rings. The number of amides is 1. The number of pyridine rings is 1. The summed E-state index contributed by atoms with van der Waals surface area (Å²) in [5.41, 5.74) is 2.77. The van der Waals surface area contributed by atoms with Crippen molar-refractivity contribution in [2.24, 2.45) is 0 Å². The molecule has 0 saturated carbocycles. The summed E-state index contributed by atoms with van der Waals surface area (Å²) >= 11 is 0. The van der Waals surface area contributed by atoms with Gasteiger partial charge in [-0.3, -0.25) is 9.78 Å². The molecule has 1 aromatic heterocycles. The van der Waals surface area contributed by atoms with Gasteiger partial charge in [-0.15, -0.1) is 0 Å². The van der Waals surface area contributed by atoms with Gasteiger partial charge in [-0.2, -0.15) is 0 Å². The van der Waals surface area contributed by atoms with Gasteiger partial charge in [0, 0.05) is 11.9 Å². The number of benzene rings is 2. The summed E-state index contributed by atoms with van der Waals surface area (Å²) in [7, 11) is 1.64. The van der Waals surface area contributed by atoms with Crippen molar-refractivity contribution >= 4 is 11.6 Å². The lowest BCUT2D eigenvalue weighted by Crippen LogP contribution is -2.54. The topological polar surface area (TPSA) is 42.4 Å². The summed E-state index contributed by atoms with van der Waals surface area (Å²) < 4.78 is 5.22. The number of nitrogens with zero attached hydrogens (tertiary/aromatic N) is 2. The van der Waals surface area contributed by atoms with Crippen LogP contribution in [0.4, 0.5) is 5.69 Å². The monoisotopic (exact) mass is 330 g/mol. The fourth-order valence-corrected chi connectivity index (χ4v) is 3.36. The normalized spacial score (nSPS) is 19.4. The highest BCUT2D eigenvalue weighted by molar-refractivity contribution is 6.06. The number of methoxy groups -OCH3 is 1. The molecule has 0 aliphatic carbocycles. The molecular weight excluding hydrogens is 312 g/mol. The van der Waals surface area contributed by atoms with Crippen LogP contribution < -0.4 is 9.64 Å². The van der Waals surface area contributed by atoms with E-state index in [2.05, 4.69) is 4.98 Å². The summed E-state index contributed by atoms with van der Waals surface area (Å²) in [6, 6.07) is 23.2. The maximum Gasteiger partial charge on any atom is 0.237 e. The zero-order valence-corrected chi connectivity index (χ0v) is 13.9. The number of β-lactam (4-membered cyclic amide) rings is 1. The van der Waals surface area contributed by atoms with Crippen molar-refractivity contribution in [1.82, 2.24) is 4.98 Å². The van der Waals surface area contributed by atoms with E-state index in [1.54, 1.807) is 13.3 Å². The van der Waals surface area contributed by atoms with Gasteiger partial charge in [0.2, 0.25) is 5.91 Å². The van der Waals surface area contributed by atoms with Crippen LogP contribution in [0.5, 0.6) is 5.75 Å². The lowest BCUT2D eigenvalue weighted by atomic mass is 9.79. The van der Waals surface area contributed by atoms with Crippen LogP contribution in [0.15, 0.2) is 79.0 Å². The number of aromatic nitrogens is 1. The van der Waals surface area contributed by atoms with E-state index >= 15 is 0 Å². The SMILES string of the molecule is COc1ccc(C2C(=O)N(c3ccccc3)C2c2ccccn2)cc1. The number of hydrogen-bond donors (Lipinski definition) is 0. The Balaban J connectivity index is 1.74. The second kappa shape index (κ2) is 6.40. The van der Waals surface area contributed by atoms with Gasteiger partial charge in [0.05, 0.1) is 24.8 Å². The molecule has 4 heteroatoms. The van der Waals surface area contributed by atoms with Crippen molar-refractivity contribution in [3.8, 4) is 5.75 Å². The van der Waals surface area contributed by atoms with E-state index in [0.29, 0.717) is 0 Å². The Morgan fingerprint density at radius 2 is 1.64 bits per heavy atom. The Morgan fingerprint density at radius 3 is 2.28 bits per heavy atom. The van der Waals surface area contributed by atoms with Crippen LogP contribution in [0, 0.1) is 0 Å². The van der Waals surface area contributed by atoms with E-state index < -0.39 is 0 Å². The third-order valence-electron chi connectivity index (χ3n) is 4.60.